The van der Waals surface area contributed by atoms with E-state index in [9.17, 15) is 0 Å². The second-order valence-electron chi connectivity index (χ2n) is 5.26. The van der Waals surface area contributed by atoms with Crippen LogP contribution in [0.2, 0.25) is 0 Å². The molecule has 0 bridgehead atoms. The molecule has 1 aromatic carbocycles. The molecule has 1 fully saturated rings. The summed E-state index contributed by atoms with van der Waals surface area (Å²) in [5, 5.41) is 3.25. The first-order valence-electron chi connectivity index (χ1n) is 7.00. The van der Waals surface area contributed by atoms with Crippen molar-refractivity contribution in [2.24, 2.45) is 0 Å². The predicted molar refractivity (Wildman–Crippen MR) is 84.3 cm³/mol. The summed E-state index contributed by atoms with van der Waals surface area (Å²) in [4.78, 5) is 2.27. The Hall–Kier alpha value is -0.620. The van der Waals surface area contributed by atoms with Crippen LogP contribution >= 0.6 is 15.9 Å². The Morgan fingerprint density at radius 3 is 3.05 bits per heavy atom. The number of halogens is 1. The molecule has 112 valence electrons. The van der Waals surface area contributed by atoms with Gasteiger partial charge in [0.25, 0.3) is 0 Å². The summed E-state index contributed by atoms with van der Waals surface area (Å²) in [5.74, 6) is 0.915. The zero-order chi connectivity index (χ0) is 14.5. The molecular weight excluding hydrogens is 320 g/mol. The van der Waals surface area contributed by atoms with E-state index in [1.807, 2.05) is 19.2 Å². The maximum Gasteiger partial charge on any atom is 0.125 e. The lowest BCUT2D eigenvalue weighted by atomic mass is 10.1. The van der Waals surface area contributed by atoms with E-state index in [1.54, 1.807) is 0 Å². The zero-order valence-corrected chi connectivity index (χ0v) is 13.9. The highest BCUT2D eigenvalue weighted by Gasteiger charge is 2.19. The van der Waals surface area contributed by atoms with Crippen LogP contribution in [0.5, 0.6) is 5.75 Å². The highest BCUT2D eigenvalue weighted by atomic mass is 79.9. The summed E-state index contributed by atoms with van der Waals surface area (Å²) in [6.07, 6.45) is 0.144. The quantitative estimate of drug-likeness (QED) is 0.891. The molecule has 0 aliphatic carbocycles. The Kier molecular flexibility index (Phi) is 5.84. The number of morpholine rings is 1. The molecule has 1 aliphatic heterocycles. The predicted octanol–water partition coefficient (Wildman–Crippen LogP) is 2.44. The minimum Gasteiger partial charge on any atom is -0.490 e. The highest BCUT2D eigenvalue weighted by Crippen LogP contribution is 2.28. The number of nitrogens with one attached hydrogen (secondary N) is 1. The molecule has 1 heterocycles. The molecule has 4 nitrogen and oxygen atoms in total. The zero-order valence-electron chi connectivity index (χ0n) is 12.4. The van der Waals surface area contributed by atoms with Crippen LogP contribution in [0, 0.1) is 0 Å². The van der Waals surface area contributed by atoms with E-state index in [0.29, 0.717) is 6.61 Å². The summed E-state index contributed by atoms with van der Waals surface area (Å²) < 4.78 is 12.8. The van der Waals surface area contributed by atoms with E-state index >= 15 is 0 Å². The first kappa shape index (κ1) is 15.8. The maximum atomic E-state index is 6.01. The van der Waals surface area contributed by atoms with E-state index < -0.39 is 0 Å². The lowest BCUT2D eigenvalue weighted by Gasteiger charge is -2.30. The Bertz CT molecular complexity index is 442. The first-order chi connectivity index (χ1) is 9.60. The van der Waals surface area contributed by atoms with Gasteiger partial charge in [-0.2, -0.15) is 0 Å². The van der Waals surface area contributed by atoms with Crippen molar-refractivity contribution in [1.82, 2.24) is 10.2 Å². The van der Waals surface area contributed by atoms with Crippen LogP contribution in [0.4, 0.5) is 0 Å². The first-order valence-corrected chi connectivity index (χ1v) is 7.79. The smallest absolute Gasteiger partial charge is 0.125 e. The van der Waals surface area contributed by atoms with Crippen molar-refractivity contribution in [2.45, 2.75) is 19.1 Å². The summed E-state index contributed by atoms with van der Waals surface area (Å²) in [6, 6.07) is 6.42. The standard InChI is InChI=1S/C15H23BrN2O2/c1-11(17-2)14-5-4-12(16)8-15(14)20-10-13-9-18(3)6-7-19-13/h4-5,8,11,13,17H,6-7,9-10H2,1-3H3. The van der Waals surface area contributed by atoms with Crippen LogP contribution in [0.3, 0.4) is 0 Å². The molecule has 1 saturated heterocycles. The second-order valence-corrected chi connectivity index (χ2v) is 6.17. The normalized spacial score (nSPS) is 21.7. The summed E-state index contributed by atoms with van der Waals surface area (Å²) in [7, 11) is 4.07. The van der Waals surface area contributed by atoms with Crippen LogP contribution in [-0.2, 0) is 4.74 Å². The lowest BCUT2D eigenvalue weighted by Crippen LogP contribution is -2.42. The molecule has 2 unspecified atom stereocenters. The largest absolute Gasteiger partial charge is 0.490 e. The minimum atomic E-state index is 0.144. The third kappa shape index (κ3) is 4.19. The van der Waals surface area contributed by atoms with E-state index in [0.717, 1.165) is 29.9 Å². The SMILES string of the molecule is CNC(C)c1ccc(Br)cc1OCC1CN(C)CCO1. The summed E-state index contributed by atoms with van der Waals surface area (Å²) >= 11 is 3.50. The van der Waals surface area contributed by atoms with Gasteiger partial charge >= 0.3 is 0 Å². The molecule has 0 radical (unpaired) electrons. The topological polar surface area (TPSA) is 33.7 Å². The number of hydrogen-bond donors (Lipinski definition) is 1. The Balaban J connectivity index is 2.02. The fraction of sp³-hybridized carbons (Fsp3) is 0.600. The second kappa shape index (κ2) is 7.41. The number of hydrogen-bond acceptors (Lipinski definition) is 4. The number of likely N-dealkylation sites (N-methyl/N-ethyl adjacent to an activating group) is 1. The Morgan fingerprint density at radius 1 is 1.55 bits per heavy atom. The molecular formula is C15H23BrN2O2. The van der Waals surface area contributed by atoms with Gasteiger partial charge < -0.3 is 19.7 Å². The van der Waals surface area contributed by atoms with Gasteiger partial charge in [-0.1, -0.05) is 22.0 Å². The molecule has 0 aromatic heterocycles. The van der Waals surface area contributed by atoms with Crippen LogP contribution in [0.15, 0.2) is 22.7 Å². The van der Waals surface area contributed by atoms with Crippen LogP contribution in [-0.4, -0.2) is 51.4 Å². The lowest BCUT2D eigenvalue weighted by molar-refractivity contribution is -0.0405. The third-order valence-electron chi connectivity index (χ3n) is 3.64. The van der Waals surface area contributed by atoms with Gasteiger partial charge in [0.05, 0.1) is 6.61 Å². The molecule has 0 spiro atoms. The highest BCUT2D eigenvalue weighted by molar-refractivity contribution is 9.10. The van der Waals surface area contributed by atoms with Crippen molar-refractivity contribution in [3.05, 3.63) is 28.2 Å². The van der Waals surface area contributed by atoms with Crippen molar-refractivity contribution in [3.63, 3.8) is 0 Å². The van der Waals surface area contributed by atoms with Crippen molar-refractivity contribution in [3.8, 4) is 5.75 Å². The van der Waals surface area contributed by atoms with E-state index in [1.165, 1.54) is 5.56 Å². The van der Waals surface area contributed by atoms with Gasteiger partial charge in [0.2, 0.25) is 0 Å². The molecule has 1 aliphatic rings. The van der Waals surface area contributed by atoms with Crippen LogP contribution in [0.1, 0.15) is 18.5 Å². The maximum absolute atomic E-state index is 6.01. The van der Waals surface area contributed by atoms with E-state index in [2.05, 4.69) is 46.2 Å². The Morgan fingerprint density at radius 2 is 2.35 bits per heavy atom. The van der Waals surface area contributed by atoms with Gasteiger partial charge in [0.15, 0.2) is 0 Å². The van der Waals surface area contributed by atoms with Gasteiger partial charge in [-0.3, -0.25) is 0 Å². The van der Waals surface area contributed by atoms with Gasteiger partial charge in [0.1, 0.15) is 18.5 Å². The monoisotopic (exact) mass is 342 g/mol. The van der Waals surface area contributed by atoms with Crippen LogP contribution < -0.4 is 10.1 Å². The van der Waals surface area contributed by atoms with Gasteiger partial charge in [0, 0.05) is 29.2 Å². The third-order valence-corrected chi connectivity index (χ3v) is 4.13. The number of nitrogens with zero attached hydrogens (tertiary/aromatic N) is 1. The van der Waals surface area contributed by atoms with Crippen LogP contribution in [0.25, 0.3) is 0 Å². The van der Waals surface area contributed by atoms with Crippen molar-refractivity contribution < 1.29 is 9.47 Å². The van der Waals surface area contributed by atoms with Crippen molar-refractivity contribution >= 4 is 15.9 Å². The molecule has 0 amide bonds. The fourth-order valence-electron chi connectivity index (χ4n) is 2.30. The average molecular weight is 343 g/mol. The van der Waals surface area contributed by atoms with E-state index in [4.69, 9.17) is 9.47 Å². The molecule has 2 atom stereocenters. The van der Waals surface area contributed by atoms with E-state index in [-0.39, 0.29) is 12.1 Å². The molecule has 5 heteroatoms. The summed E-state index contributed by atoms with van der Waals surface area (Å²) in [6.45, 7) is 5.41. The molecule has 1 aromatic rings. The molecule has 0 saturated carbocycles. The fourth-order valence-corrected chi connectivity index (χ4v) is 2.64. The molecule has 1 N–H and O–H groups in total. The number of rotatable bonds is 5. The van der Waals surface area contributed by atoms with Gasteiger partial charge in [-0.05, 0) is 33.2 Å². The minimum absolute atomic E-state index is 0.144. The van der Waals surface area contributed by atoms with Gasteiger partial charge in [-0.25, -0.2) is 0 Å². The van der Waals surface area contributed by atoms with Gasteiger partial charge in [-0.15, -0.1) is 0 Å². The molecule has 20 heavy (non-hydrogen) atoms. The average Bonchev–Trinajstić information content (AvgIpc) is 2.44. The van der Waals surface area contributed by atoms with Crippen molar-refractivity contribution in [2.75, 3.05) is 40.4 Å². The number of ether oxygens (including phenoxy) is 2. The Labute approximate surface area is 129 Å². The number of benzene rings is 1. The van der Waals surface area contributed by atoms with Crippen molar-refractivity contribution in [1.29, 1.82) is 0 Å². The molecule has 2 rings (SSSR count). The summed E-state index contributed by atoms with van der Waals surface area (Å²) in [5.41, 5.74) is 1.17.